The van der Waals surface area contributed by atoms with E-state index < -0.39 is 11.9 Å². The van der Waals surface area contributed by atoms with Gasteiger partial charge in [0.05, 0.1) is 0 Å². The van der Waals surface area contributed by atoms with E-state index in [1.54, 1.807) is 36.2 Å². The summed E-state index contributed by atoms with van der Waals surface area (Å²) in [6.07, 6.45) is 0.721. The molecule has 0 heterocycles. The van der Waals surface area contributed by atoms with Crippen molar-refractivity contribution >= 4 is 17.6 Å². The molecule has 1 atom stereocenters. The summed E-state index contributed by atoms with van der Waals surface area (Å²) in [6.45, 7) is 0.530. The third-order valence-electron chi connectivity index (χ3n) is 5.05. The number of hydrogen-bond donors (Lipinski definition) is 3. The van der Waals surface area contributed by atoms with Gasteiger partial charge in [0.1, 0.15) is 11.9 Å². The molecule has 0 fully saturated rings. The van der Waals surface area contributed by atoms with Crippen molar-refractivity contribution in [3.05, 3.63) is 107 Å². The zero-order valence-corrected chi connectivity index (χ0v) is 17.4. The number of carbonyl (C=O) groups excluding carboxylic acids is 2. The lowest BCUT2D eigenvalue weighted by Gasteiger charge is -2.25. The lowest BCUT2D eigenvalue weighted by molar-refractivity contribution is -0.132. The first-order chi connectivity index (χ1) is 15.0. The first-order valence-corrected chi connectivity index (χ1v) is 10.0. The van der Waals surface area contributed by atoms with Crippen LogP contribution in [0.15, 0.2) is 84.9 Å². The van der Waals surface area contributed by atoms with Crippen LogP contribution in [0.1, 0.15) is 33.1 Å². The smallest absolute Gasteiger partial charge is 0.252 e. The molecule has 6 nitrogen and oxygen atoms in total. The van der Waals surface area contributed by atoms with Crippen molar-refractivity contribution in [2.75, 3.05) is 13.6 Å². The van der Waals surface area contributed by atoms with Crippen LogP contribution in [0.25, 0.3) is 0 Å². The van der Waals surface area contributed by atoms with E-state index in [4.69, 9.17) is 11.1 Å². The van der Waals surface area contributed by atoms with Gasteiger partial charge in [0.2, 0.25) is 5.91 Å². The predicted octanol–water partition coefficient (Wildman–Crippen LogP) is 3.14. The molecule has 0 unspecified atom stereocenters. The van der Waals surface area contributed by atoms with Crippen molar-refractivity contribution in [1.82, 2.24) is 10.2 Å². The summed E-state index contributed by atoms with van der Waals surface area (Å²) >= 11 is 0. The number of nitrogens with zero attached hydrogens (tertiary/aromatic N) is 1. The number of nitrogen functional groups attached to an aromatic ring is 1. The maximum atomic E-state index is 13.3. The lowest BCUT2D eigenvalue weighted by atomic mass is 10.0. The first-order valence-electron chi connectivity index (χ1n) is 10.0. The van der Waals surface area contributed by atoms with Gasteiger partial charge in [0.15, 0.2) is 0 Å². The molecule has 0 aliphatic heterocycles. The average molecular weight is 415 g/mol. The highest BCUT2D eigenvalue weighted by molar-refractivity contribution is 6.01. The van der Waals surface area contributed by atoms with Gasteiger partial charge in [-0.25, -0.2) is 0 Å². The minimum Gasteiger partial charge on any atom is -0.384 e. The summed E-state index contributed by atoms with van der Waals surface area (Å²) in [4.78, 5) is 27.8. The maximum absolute atomic E-state index is 13.3. The van der Waals surface area contributed by atoms with Crippen molar-refractivity contribution in [2.24, 2.45) is 5.73 Å². The fraction of sp³-hybridized carbons (Fsp3) is 0.160. The highest BCUT2D eigenvalue weighted by atomic mass is 16.2. The molecule has 0 aromatic heterocycles. The number of likely N-dealkylation sites (N-methyl/N-ethyl adjacent to an activating group) is 1. The second kappa shape index (κ2) is 10.2. The van der Waals surface area contributed by atoms with Gasteiger partial charge in [0, 0.05) is 24.7 Å². The molecule has 3 aromatic rings. The quantitative estimate of drug-likeness (QED) is 0.390. The Morgan fingerprint density at radius 2 is 1.55 bits per heavy atom. The monoisotopic (exact) mass is 414 g/mol. The standard InChI is InChI=1S/C25H26N4O2/c1-29(16-15-18-9-4-2-5-10-18)25(31)22(19-11-6-3-7-12-19)28-24(30)21-14-8-13-20(17-21)23(26)27/h2-14,17,22H,15-16H2,1H3,(H3,26,27)(H,28,30)/t22-/m1/s1. The fourth-order valence-electron chi connectivity index (χ4n) is 3.25. The number of rotatable bonds is 8. The van der Waals surface area contributed by atoms with Crippen molar-refractivity contribution < 1.29 is 9.59 Å². The van der Waals surface area contributed by atoms with Crippen LogP contribution in [0.2, 0.25) is 0 Å². The molecule has 3 aromatic carbocycles. The van der Waals surface area contributed by atoms with Gasteiger partial charge in [-0.05, 0) is 29.7 Å². The Morgan fingerprint density at radius 3 is 2.19 bits per heavy atom. The van der Waals surface area contributed by atoms with Crippen LogP contribution in [0.4, 0.5) is 0 Å². The van der Waals surface area contributed by atoms with Crippen molar-refractivity contribution in [3.63, 3.8) is 0 Å². The summed E-state index contributed by atoms with van der Waals surface area (Å²) in [5.74, 6) is -0.717. The van der Waals surface area contributed by atoms with Crippen molar-refractivity contribution in [2.45, 2.75) is 12.5 Å². The molecule has 4 N–H and O–H groups in total. The average Bonchev–Trinajstić information content (AvgIpc) is 2.81. The van der Waals surface area contributed by atoms with Crippen LogP contribution < -0.4 is 11.1 Å². The molecule has 158 valence electrons. The van der Waals surface area contributed by atoms with Crippen LogP contribution >= 0.6 is 0 Å². The Labute approximate surface area is 182 Å². The van der Waals surface area contributed by atoms with E-state index in [9.17, 15) is 9.59 Å². The summed E-state index contributed by atoms with van der Waals surface area (Å²) in [7, 11) is 1.74. The molecule has 0 bridgehead atoms. The molecule has 3 rings (SSSR count). The third kappa shape index (κ3) is 5.79. The maximum Gasteiger partial charge on any atom is 0.252 e. The Balaban J connectivity index is 1.78. The number of hydrogen-bond acceptors (Lipinski definition) is 3. The second-order valence-corrected chi connectivity index (χ2v) is 7.31. The van der Waals surface area contributed by atoms with Gasteiger partial charge in [-0.3, -0.25) is 15.0 Å². The normalized spacial score (nSPS) is 11.4. The summed E-state index contributed by atoms with van der Waals surface area (Å²) in [5.41, 5.74) is 8.18. The van der Waals surface area contributed by atoms with E-state index >= 15 is 0 Å². The molecular weight excluding hydrogens is 388 g/mol. The van der Waals surface area contributed by atoms with Gasteiger partial charge in [0.25, 0.3) is 5.91 Å². The van der Waals surface area contributed by atoms with Crippen LogP contribution in [-0.2, 0) is 11.2 Å². The number of carbonyl (C=O) groups is 2. The molecular formula is C25H26N4O2. The van der Waals surface area contributed by atoms with Gasteiger partial charge in [-0.15, -0.1) is 0 Å². The Hall–Kier alpha value is -3.93. The number of amidine groups is 1. The Kier molecular flexibility index (Phi) is 7.17. The number of nitrogens with two attached hydrogens (primary N) is 1. The second-order valence-electron chi connectivity index (χ2n) is 7.31. The molecule has 0 spiro atoms. The van der Waals surface area contributed by atoms with Gasteiger partial charge < -0.3 is 16.0 Å². The molecule has 0 saturated carbocycles. The van der Waals surface area contributed by atoms with E-state index in [0.717, 1.165) is 12.0 Å². The summed E-state index contributed by atoms with van der Waals surface area (Å²) in [6, 6.07) is 24.8. The van der Waals surface area contributed by atoms with Crippen LogP contribution in [0.3, 0.4) is 0 Å². The first kappa shape index (κ1) is 21.8. The van der Waals surface area contributed by atoms with Crippen molar-refractivity contribution in [1.29, 1.82) is 5.41 Å². The highest BCUT2D eigenvalue weighted by Gasteiger charge is 2.26. The molecule has 6 heteroatoms. The Morgan fingerprint density at radius 1 is 0.935 bits per heavy atom. The molecule has 0 saturated heterocycles. The van der Waals surface area contributed by atoms with Crippen molar-refractivity contribution in [3.8, 4) is 0 Å². The summed E-state index contributed by atoms with van der Waals surface area (Å²) in [5, 5.41) is 10.4. The zero-order chi connectivity index (χ0) is 22.2. The van der Waals surface area contributed by atoms with Gasteiger partial charge in [-0.1, -0.05) is 72.8 Å². The van der Waals surface area contributed by atoms with E-state index in [2.05, 4.69) is 5.32 Å². The molecule has 0 radical (unpaired) electrons. The zero-order valence-electron chi connectivity index (χ0n) is 17.4. The largest absolute Gasteiger partial charge is 0.384 e. The van der Waals surface area contributed by atoms with Gasteiger partial charge in [-0.2, -0.15) is 0 Å². The van der Waals surface area contributed by atoms with Crippen LogP contribution in [-0.4, -0.2) is 36.1 Å². The minimum absolute atomic E-state index is 0.119. The van der Waals surface area contributed by atoms with E-state index in [1.807, 2.05) is 60.7 Å². The van der Waals surface area contributed by atoms with Crippen LogP contribution in [0, 0.1) is 5.41 Å². The predicted molar refractivity (Wildman–Crippen MR) is 122 cm³/mol. The van der Waals surface area contributed by atoms with E-state index in [-0.39, 0.29) is 11.7 Å². The topological polar surface area (TPSA) is 99.3 Å². The Bertz CT molecular complexity index is 1050. The van der Waals surface area contributed by atoms with E-state index in [0.29, 0.717) is 23.2 Å². The SMILES string of the molecule is CN(CCc1ccccc1)C(=O)[C@H](NC(=O)c1cccc(C(=N)N)c1)c1ccccc1. The minimum atomic E-state index is -0.824. The number of nitrogens with one attached hydrogen (secondary N) is 2. The number of benzene rings is 3. The molecule has 2 amide bonds. The van der Waals surface area contributed by atoms with Gasteiger partial charge >= 0.3 is 0 Å². The highest BCUT2D eigenvalue weighted by Crippen LogP contribution is 2.17. The third-order valence-corrected chi connectivity index (χ3v) is 5.05. The fourth-order valence-corrected chi connectivity index (χ4v) is 3.25. The van der Waals surface area contributed by atoms with E-state index in [1.165, 1.54) is 0 Å². The molecule has 0 aliphatic carbocycles. The molecule has 31 heavy (non-hydrogen) atoms. The lowest BCUT2D eigenvalue weighted by Crippen LogP contribution is -2.42. The molecule has 0 aliphatic rings. The summed E-state index contributed by atoms with van der Waals surface area (Å²) < 4.78 is 0. The van der Waals surface area contributed by atoms with Crippen LogP contribution in [0.5, 0.6) is 0 Å². The number of amides is 2.